The lowest BCUT2D eigenvalue weighted by molar-refractivity contribution is 0.453. The Labute approximate surface area is 117 Å². The lowest BCUT2D eigenvalue weighted by Crippen LogP contribution is -2.39. The summed E-state index contributed by atoms with van der Waals surface area (Å²) in [6, 6.07) is 4.63. The van der Waals surface area contributed by atoms with Crippen molar-refractivity contribution in [2.75, 3.05) is 6.54 Å². The van der Waals surface area contributed by atoms with Crippen LogP contribution in [-0.2, 0) is 10.0 Å². The Morgan fingerprint density at radius 3 is 2.85 bits per heavy atom. The molecule has 0 saturated heterocycles. The molecule has 0 bridgehead atoms. The molecule has 3 N–H and O–H groups in total. The van der Waals surface area contributed by atoms with E-state index in [1.54, 1.807) is 6.07 Å². The summed E-state index contributed by atoms with van der Waals surface area (Å²) in [6.07, 6.45) is 2.58. The number of rotatable bonds is 4. The van der Waals surface area contributed by atoms with Crippen LogP contribution in [0.15, 0.2) is 23.1 Å². The zero-order chi connectivity index (χ0) is 14.8. The van der Waals surface area contributed by atoms with E-state index in [4.69, 9.17) is 11.0 Å². The van der Waals surface area contributed by atoms with Crippen LogP contribution in [0, 0.1) is 23.1 Å². The molecule has 20 heavy (non-hydrogen) atoms. The number of hydrogen-bond donors (Lipinski definition) is 2. The number of sulfonamides is 1. The van der Waals surface area contributed by atoms with Gasteiger partial charge in [0.1, 0.15) is 11.9 Å². The van der Waals surface area contributed by atoms with Crippen molar-refractivity contribution >= 4 is 10.0 Å². The van der Waals surface area contributed by atoms with E-state index in [0.717, 1.165) is 37.5 Å². The average molecular weight is 297 g/mol. The van der Waals surface area contributed by atoms with Gasteiger partial charge in [-0.25, -0.2) is 17.5 Å². The van der Waals surface area contributed by atoms with Gasteiger partial charge in [-0.05, 0) is 43.5 Å². The molecule has 0 aliphatic heterocycles. The van der Waals surface area contributed by atoms with Crippen LogP contribution in [0.5, 0.6) is 0 Å². The highest BCUT2D eigenvalue weighted by atomic mass is 32.2. The van der Waals surface area contributed by atoms with Crippen LogP contribution < -0.4 is 10.5 Å². The van der Waals surface area contributed by atoms with Gasteiger partial charge in [-0.1, -0.05) is 6.42 Å². The second kappa shape index (κ2) is 5.87. The predicted molar refractivity (Wildman–Crippen MR) is 71.6 cm³/mol. The number of benzene rings is 1. The number of hydrogen-bond acceptors (Lipinski definition) is 4. The molecule has 1 fully saturated rings. The van der Waals surface area contributed by atoms with Crippen molar-refractivity contribution in [3.63, 3.8) is 0 Å². The van der Waals surface area contributed by atoms with Crippen molar-refractivity contribution in [1.82, 2.24) is 4.72 Å². The Kier molecular flexibility index (Phi) is 4.38. The van der Waals surface area contributed by atoms with Crippen molar-refractivity contribution in [2.45, 2.75) is 30.2 Å². The molecular weight excluding hydrogens is 281 g/mol. The third-order valence-electron chi connectivity index (χ3n) is 3.64. The number of nitrogens with two attached hydrogens (primary N) is 1. The highest BCUT2D eigenvalue weighted by Gasteiger charge is 2.30. The first-order chi connectivity index (χ1) is 9.47. The molecule has 108 valence electrons. The van der Waals surface area contributed by atoms with Crippen LogP contribution in [0.2, 0.25) is 0 Å². The smallest absolute Gasteiger partial charge is 0.240 e. The van der Waals surface area contributed by atoms with Gasteiger partial charge in [-0.3, -0.25) is 0 Å². The molecule has 0 amide bonds. The molecule has 2 rings (SSSR count). The number of nitriles is 1. The van der Waals surface area contributed by atoms with Gasteiger partial charge in [0.25, 0.3) is 0 Å². The second-order valence-electron chi connectivity index (χ2n) is 4.91. The number of halogens is 1. The van der Waals surface area contributed by atoms with Crippen LogP contribution in [0.25, 0.3) is 0 Å². The lowest BCUT2D eigenvalue weighted by Gasteiger charge is -2.19. The minimum Gasteiger partial charge on any atom is -0.330 e. The Morgan fingerprint density at radius 1 is 1.45 bits per heavy atom. The molecule has 1 saturated carbocycles. The Balaban J connectivity index is 2.25. The van der Waals surface area contributed by atoms with Crippen molar-refractivity contribution in [3.8, 4) is 6.07 Å². The normalized spacial score (nSPS) is 22.6. The summed E-state index contributed by atoms with van der Waals surface area (Å²) in [5, 5.41) is 8.75. The van der Waals surface area contributed by atoms with Gasteiger partial charge in [0.15, 0.2) is 0 Å². The molecule has 2 atom stereocenters. The van der Waals surface area contributed by atoms with Crippen LogP contribution in [0.3, 0.4) is 0 Å². The van der Waals surface area contributed by atoms with Crippen LogP contribution in [-0.4, -0.2) is 21.0 Å². The fourth-order valence-corrected chi connectivity index (χ4v) is 3.86. The van der Waals surface area contributed by atoms with E-state index < -0.39 is 15.8 Å². The van der Waals surface area contributed by atoms with E-state index in [1.807, 2.05) is 0 Å². The summed E-state index contributed by atoms with van der Waals surface area (Å²) < 4.78 is 40.3. The Hall–Kier alpha value is -1.49. The first-order valence-corrected chi connectivity index (χ1v) is 7.88. The van der Waals surface area contributed by atoms with E-state index in [1.165, 1.54) is 0 Å². The van der Waals surface area contributed by atoms with E-state index in [9.17, 15) is 12.8 Å². The Morgan fingerprint density at radius 2 is 2.20 bits per heavy atom. The molecule has 1 aromatic rings. The number of nitrogens with one attached hydrogen (secondary N) is 1. The molecule has 0 heterocycles. The van der Waals surface area contributed by atoms with Crippen LogP contribution in [0.1, 0.15) is 24.8 Å². The highest BCUT2D eigenvalue weighted by molar-refractivity contribution is 7.89. The third-order valence-corrected chi connectivity index (χ3v) is 5.12. The summed E-state index contributed by atoms with van der Waals surface area (Å²) in [5.41, 5.74) is 5.34. The molecule has 5 nitrogen and oxygen atoms in total. The van der Waals surface area contributed by atoms with Crippen molar-refractivity contribution in [2.24, 2.45) is 11.7 Å². The SMILES string of the molecule is N#Cc1cc(S(=O)(=O)N[C@@H]2CCC[C@@H]2CN)ccc1F. The van der Waals surface area contributed by atoms with Gasteiger partial charge in [0, 0.05) is 6.04 Å². The molecule has 0 aromatic heterocycles. The third kappa shape index (κ3) is 2.98. The minimum atomic E-state index is -3.76. The zero-order valence-corrected chi connectivity index (χ0v) is 11.7. The zero-order valence-electron chi connectivity index (χ0n) is 10.8. The molecular formula is C13H16FN3O2S. The van der Waals surface area contributed by atoms with E-state index >= 15 is 0 Å². The fraction of sp³-hybridized carbons (Fsp3) is 0.462. The summed E-state index contributed by atoms with van der Waals surface area (Å²) in [7, 11) is -3.76. The summed E-state index contributed by atoms with van der Waals surface area (Å²) in [5.74, 6) is -0.604. The molecule has 0 radical (unpaired) electrons. The van der Waals surface area contributed by atoms with E-state index in [2.05, 4.69) is 4.72 Å². The summed E-state index contributed by atoms with van der Waals surface area (Å²) in [6.45, 7) is 0.431. The van der Waals surface area contributed by atoms with Crippen molar-refractivity contribution < 1.29 is 12.8 Å². The molecule has 0 spiro atoms. The predicted octanol–water partition coefficient (Wildman–Crippen LogP) is 1.10. The first-order valence-electron chi connectivity index (χ1n) is 6.40. The van der Waals surface area contributed by atoms with Gasteiger partial charge in [-0.15, -0.1) is 0 Å². The summed E-state index contributed by atoms with van der Waals surface area (Å²) in [4.78, 5) is -0.0990. The van der Waals surface area contributed by atoms with Crippen molar-refractivity contribution in [1.29, 1.82) is 5.26 Å². The standard InChI is InChI=1S/C13H16FN3O2S/c14-12-5-4-11(6-10(12)8-16)20(18,19)17-13-3-1-2-9(13)7-15/h4-6,9,13,17H,1-3,7,15H2/t9-,13-/m1/s1. The maximum Gasteiger partial charge on any atom is 0.240 e. The maximum absolute atomic E-state index is 13.2. The first kappa shape index (κ1) is 14.9. The monoisotopic (exact) mass is 297 g/mol. The largest absolute Gasteiger partial charge is 0.330 e. The molecule has 1 aliphatic rings. The van der Waals surface area contributed by atoms with Gasteiger partial charge < -0.3 is 5.73 Å². The average Bonchev–Trinajstić information content (AvgIpc) is 2.85. The van der Waals surface area contributed by atoms with Crippen LogP contribution >= 0.6 is 0 Å². The van der Waals surface area contributed by atoms with Gasteiger partial charge >= 0.3 is 0 Å². The molecule has 1 aromatic carbocycles. The van der Waals surface area contributed by atoms with Crippen molar-refractivity contribution in [3.05, 3.63) is 29.6 Å². The van der Waals surface area contributed by atoms with Gasteiger partial charge in [-0.2, -0.15) is 5.26 Å². The maximum atomic E-state index is 13.2. The number of nitrogens with zero attached hydrogens (tertiary/aromatic N) is 1. The quantitative estimate of drug-likeness (QED) is 0.870. The molecule has 1 aliphatic carbocycles. The highest BCUT2D eigenvalue weighted by Crippen LogP contribution is 2.26. The summed E-state index contributed by atoms with van der Waals surface area (Å²) >= 11 is 0. The fourth-order valence-electron chi connectivity index (χ4n) is 2.50. The van der Waals surface area contributed by atoms with Crippen LogP contribution in [0.4, 0.5) is 4.39 Å². The lowest BCUT2D eigenvalue weighted by atomic mass is 10.1. The molecule has 7 heteroatoms. The van der Waals surface area contributed by atoms with E-state index in [-0.39, 0.29) is 22.4 Å². The Bertz CT molecular complexity index is 640. The minimum absolute atomic E-state index is 0.0990. The topological polar surface area (TPSA) is 96.0 Å². The van der Waals surface area contributed by atoms with E-state index in [0.29, 0.717) is 6.54 Å². The van der Waals surface area contributed by atoms with Gasteiger partial charge in [0.05, 0.1) is 10.5 Å². The second-order valence-corrected chi connectivity index (χ2v) is 6.62. The molecule has 0 unspecified atom stereocenters. The van der Waals surface area contributed by atoms with Gasteiger partial charge in [0.2, 0.25) is 10.0 Å².